The zero-order chi connectivity index (χ0) is 13.8. The molecule has 1 aliphatic rings. The van der Waals surface area contributed by atoms with Gasteiger partial charge in [-0.1, -0.05) is 19.0 Å². The van der Waals surface area contributed by atoms with Gasteiger partial charge in [-0.3, -0.25) is 4.79 Å². The second-order valence-electron chi connectivity index (χ2n) is 5.15. The highest BCUT2D eigenvalue weighted by atomic mass is 16.5. The van der Waals surface area contributed by atoms with Gasteiger partial charge in [0, 0.05) is 25.1 Å². The number of aryl methyl sites for hydroxylation is 2. The fourth-order valence-electron chi connectivity index (χ4n) is 2.65. The fourth-order valence-corrected chi connectivity index (χ4v) is 2.65. The maximum absolute atomic E-state index is 12.3. The lowest BCUT2D eigenvalue weighted by molar-refractivity contribution is -0.129. The second kappa shape index (κ2) is 6.19. The number of carbonyl (C=O) groups excluding carboxylic acids is 1. The molecule has 0 aliphatic carbocycles. The summed E-state index contributed by atoms with van der Waals surface area (Å²) in [4.78, 5) is 14.2. The third-order valence-corrected chi connectivity index (χ3v) is 3.91. The summed E-state index contributed by atoms with van der Waals surface area (Å²) in [5.74, 6) is 1.48. The van der Waals surface area contributed by atoms with E-state index in [0.29, 0.717) is 18.9 Å². The van der Waals surface area contributed by atoms with Gasteiger partial charge in [-0.25, -0.2) is 0 Å². The van der Waals surface area contributed by atoms with E-state index in [1.54, 1.807) is 0 Å². The molecule has 5 nitrogen and oxygen atoms in total. The molecule has 2 heterocycles. The number of likely N-dealkylation sites (tertiary alicyclic amines) is 1. The van der Waals surface area contributed by atoms with Crippen LogP contribution in [-0.4, -0.2) is 35.6 Å². The zero-order valence-electron chi connectivity index (χ0n) is 11.8. The Hall–Kier alpha value is -1.36. The van der Waals surface area contributed by atoms with Gasteiger partial charge in [0.05, 0.1) is 12.1 Å². The molecule has 0 spiro atoms. The normalized spacial score (nSPS) is 19.1. The maximum atomic E-state index is 12.3. The Morgan fingerprint density at radius 2 is 2.26 bits per heavy atom. The molecule has 1 fully saturated rings. The molecule has 0 radical (unpaired) electrons. The first-order chi connectivity index (χ1) is 9.19. The number of hydrogen-bond donors (Lipinski definition) is 1. The van der Waals surface area contributed by atoms with Crippen LogP contribution in [0.5, 0.6) is 0 Å². The van der Waals surface area contributed by atoms with Crippen LogP contribution in [0, 0.1) is 5.92 Å². The van der Waals surface area contributed by atoms with Crippen molar-refractivity contribution in [1.82, 2.24) is 10.1 Å². The Bertz CT molecular complexity index is 420. The summed E-state index contributed by atoms with van der Waals surface area (Å²) in [7, 11) is 0. The van der Waals surface area contributed by atoms with Crippen LogP contribution in [0.3, 0.4) is 0 Å². The van der Waals surface area contributed by atoms with Gasteiger partial charge in [-0.15, -0.1) is 0 Å². The minimum atomic E-state index is 0.170. The lowest BCUT2D eigenvalue weighted by Gasteiger charge is -2.16. The van der Waals surface area contributed by atoms with Crippen molar-refractivity contribution in [2.45, 2.75) is 39.5 Å². The predicted octanol–water partition coefficient (Wildman–Crippen LogP) is 1.15. The number of hydrogen-bond acceptors (Lipinski definition) is 4. The Morgan fingerprint density at radius 3 is 2.84 bits per heavy atom. The summed E-state index contributed by atoms with van der Waals surface area (Å²) in [5.41, 5.74) is 7.57. The molecule has 1 aromatic rings. The third-order valence-electron chi connectivity index (χ3n) is 3.91. The van der Waals surface area contributed by atoms with Gasteiger partial charge in [0.1, 0.15) is 5.76 Å². The molecule has 5 heteroatoms. The van der Waals surface area contributed by atoms with Crippen molar-refractivity contribution in [2.24, 2.45) is 11.7 Å². The minimum absolute atomic E-state index is 0.170. The smallest absolute Gasteiger partial charge is 0.227 e. The number of aromatic nitrogens is 1. The fraction of sp³-hybridized carbons (Fsp3) is 0.714. The van der Waals surface area contributed by atoms with E-state index in [2.05, 4.69) is 5.16 Å². The molecule has 1 aliphatic heterocycles. The van der Waals surface area contributed by atoms with Gasteiger partial charge in [0.2, 0.25) is 5.91 Å². The van der Waals surface area contributed by atoms with E-state index < -0.39 is 0 Å². The maximum Gasteiger partial charge on any atom is 0.227 e. The Balaban J connectivity index is 2.04. The molecular weight excluding hydrogens is 242 g/mol. The topological polar surface area (TPSA) is 72.4 Å². The van der Waals surface area contributed by atoms with Crippen molar-refractivity contribution < 1.29 is 9.32 Å². The first-order valence-corrected chi connectivity index (χ1v) is 7.13. The van der Waals surface area contributed by atoms with Crippen molar-refractivity contribution in [3.8, 4) is 0 Å². The first-order valence-electron chi connectivity index (χ1n) is 7.13. The number of nitrogens with two attached hydrogens (primary N) is 1. The summed E-state index contributed by atoms with van der Waals surface area (Å²) in [6.45, 7) is 6.34. The van der Waals surface area contributed by atoms with Crippen molar-refractivity contribution in [3.05, 3.63) is 17.0 Å². The molecule has 2 N–H and O–H groups in total. The second-order valence-corrected chi connectivity index (χ2v) is 5.15. The molecule has 1 atom stereocenters. The highest BCUT2D eigenvalue weighted by Crippen LogP contribution is 2.20. The van der Waals surface area contributed by atoms with Crippen molar-refractivity contribution in [2.75, 3.05) is 19.6 Å². The van der Waals surface area contributed by atoms with Crippen LogP contribution in [-0.2, 0) is 24.1 Å². The summed E-state index contributed by atoms with van der Waals surface area (Å²) < 4.78 is 5.30. The summed E-state index contributed by atoms with van der Waals surface area (Å²) in [6, 6.07) is 0. The summed E-state index contributed by atoms with van der Waals surface area (Å²) in [6.07, 6.45) is 3.01. The molecule has 2 rings (SSSR count). The summed E-state index contributed by atoms with van der Waals surface area (Å²) >= 11 is 0. The lowest BCUT2D eigenvalue weighted by Crippen LogP contribution is -2.31. The predicted molar refractivity (Wildman–Crippen MR) is 72.7 cm³/mol. The number of amides is 1. The van der Waals surface area contributed by atoms with Gasteiger partial charge >= 0.3 is 0 Å². The van der Waals surface area contributed by atoms with Crippen LogP contribution in [0.25, 0.3) is 0 Å². The van der Waals surface area contributed by atoms with Gasteiger partial charge in [-0.05, 0) is 25.3 Å². The van der Waals surface area contributed by atoms with E-state index in [9.17, 15) is 4.79 Å². The van der Waals surface area contributed by atoms with Crippen LogP contribution in [0.15, 0.2) is 4.52 Å². The molecule has 19 heavy (non-hydrogen) atoms. The van der Waals surface area contributed by atoms with E-state index in [1.807, 2.05) is 18.7 Å². The minimum Gasteiger partial charge on any atom is -0.361 e. The van der Waals surface area contributed by atoms with Crippen LogP contribution in [0.2, 0.25) is 0 Å². The van der Waals surface area contributed by atoms with Crippen LogP contribution in [0.4, 0.5) is 0 Å². The van der Waals surface area contributed by atoms with Crippen LogP contribution < -0.4 is 5.73 Å². The molecule has 0 unspecified atom stereocenters. The number of nitrogens with zero attached hydrogens (tertiary/aromatic N) is 2. The lowest BCUT2D eigenvalue weighted by atomic mass is 10.1. The van der Waals surface area contributed by atoms with E-state index in [1.165, 1.54) is 0 Å². The molecule has 0 bridgehead atoms. The molecule has 1 saturated heterocycles. The monoisotopic (exact) mass is 265 g/mol. The van der Waals surface area contributed by atoms with E-state index in [0.717, 1.165) is 49.4 Å². The standard InChI is InChI=1S/C14H23N3O2/c1-3-12-11(13(4-2)19-16-12)7-14(18)17-6-5-10(8-15)9-17/h10H,3-9,15H2,1-2H3/t10-/m0/s1. The Kier molecular flexibility index (Phi) is 4.58. The number of carbonyl (C=O) groups is 1. The Labute approximate surface area is 114 Å². The van der Waals surface area contributed by atoms with Crippen molar-refractivity contribution in [3.63, 3.8) is 0 Å². The Morgan fingerprint density at radius 1 is 1.47 bits per heavy atom. The van der Waals surface area contributed by atoms with E-state index in [4.69, 9.17) is 10.3 Å². The van der Waals surface area contributed by atoms with Gasteiger partial charge in [0.15, 0.2) is 0 Å². The molecular formula is C14H23N3O2. The van der Waals surface area contributed by atoms with Crippen LogP contribution >= 0.6 is 0 Å². The van der Waals surface area contributed by atoms with Gasteiger partial charge in [0.25, 0.3) is 0 Å². The summed E-state index contributed by atoms with van der Waals surface area (Å²) in [5, 5.41) is 4.05. The molecule has 0 saturated carbocycles. The first kappa shape index (κ1) is 14.1. The molecule has 1 amide bonds. The average Bonchev–Trinajstić information content (AvgIpc) is 3.04. The van der Waals surface area contributed by atoms with Crippen LogP contribution in [0.1, 0.15) is 37.3 Å². The highest BCUT2D eigenvalue weighted by Gasteiger charge is 2.27. The van der Waals surface area contributed by atoms with Gasteiger partial charge in [-0.2, -0.15) is 0 Å². The van der Waals surface area contributed by atoms with Crippen molar-refractivity contribution >= 4 is 5.91 Å². The van der Waals surface area contributed by atoms with Gasteiger partial charge < -0.3 is 15.2 Å². The van der Waals surface area contributed by atoms with E-state index in [-0.39, 0.29) is 5.91 Å². The highest BCUT2D eigenvalue weighted by molar-refractivity contribution is 5.79. The van der Waals surface area contributed by atoms with E-state index >= 15 is 0 Å². The molecule has 0 aromatic carbocycles. The SMILES string of the molecule is CCc1noc(CC)c1CC(=O)N1CC[C@@H](CN)C1. The average molecular weight is 265 g/mol. The quantitative estimate of drug-likeness (QED) is 0.866. The zero-order valence-corrected chi connectivity index (χ0v) is 11.8. The number of rotatable bonds is 5. The molecule has 1 aromatic heterocycles. The third kappa shape index (κ3) is 2.97. The van der Waals surface area contributed by atoms with Crippen molar-refractivity contribution in [1.29, 1.82) is 0 Å². The largest absolute Gasteiger partial charge is 0.361 e. The molecule has 106 valence electrons.